The van der Waals surface area contributed by atoms with E-state index in [1.165, 1.54) is 0 Å². The Kier molecular flexibility index (Phi) is 7.74. The normalized spacial score (nSPS) is 10.8. The van der Waals surface area contributed by atoms with Crippen LogP contribution in [0.15, 0.2) is 72.8 Å². The molecule has 3 aromatic carbocycles. The summed E-state index contributed by atoms with van der Waals surface area (Å²) in [6, 6.07) is 19.7. The molecular formula is C24H26N3O5P. The lowest BCUT2D eigenvalue weighted by molar-refractivity contribution is 0.0517. The molecule has 8 nitrogen and oxygen atoms in total. The first-order valence-corrected chi connectivity index (χ1v) is 12.1. The van der Waals surface area contributed by atoms with Gasteiger partial charge in [0.2, 0.25) is 0 Å². The number of nitrogens with one attached hydrogen (secondary N) is 2. The molecule has 0 saturated carbocycles. The molecule has 0 unspecified atom stereocenters. The average molecular weight is 467 g/mol. The molecule has 3 aromatic rings. The van der Waals surface area contributed by atoms with Crippen molar-refractivity contribution in [1.29, 1.82) is 0 Å². The first kappa shape index (κ1) is 23.9. The summed E-state index contributed by atoms with van der Waals surface area (Å²) in [7, 11) is -3.43. The van der Waals surface area contributed by atoms with E-state index in [9.17, 15) is 14.2 Å². The number of ether oxygens (including phenoxy) is 2. The third-order valence-electron chi connectivity index (χ3n) is 4.62. The largest absolute Gasteiger partial charge is 0.462 e. The van der Waals surface area contributed by atoms with Crippen LogP contribution < -0.4 is 21.2 Å². The summed E-state index contributed by atoms with van der Waals surface area (Å²) in [6.45, 7) is 4.04. The molecule has 0 aromatic heterocycles. The number of hydrogen-bond donors (Lipinski definition) is 3. The summed E-state index contributed by atoms with van der Waals surface area (Å²) in [5, 5.41) is 6.61. The molecule has 0 amide bonds. The zero-order valence-electron chi connectivity index (χ0n) is 18.4. The fourth-order valence-electron chi connectivity index (χ4n) is 3.00. The molecule has 4 N–H and O–H groups in total. The molecule has 33 heavy (non-hydrogen) atoms. The Morgan fingerprint density at radius 1 is 0.727 bits per heavy atom. The molecule has 0 saturated heterocycles. The maximum absolute atomic E-state index is 14.1. The molecule has 0 heterocycles. The number of rotatable bonds is 9. The highest BCUT2D eigenvalue weighted by atomic mass is 31.2. The van der Waals surface area contributed by atoms with E-state index in [1.54, 1.807) is 86.6 Å². The Morgan fingerprint density at radius 2 is 1.12 bits per heavy atom. The lowest BCUT2D eigenvalue weighted by Gasteiger charge is -2.23. The zero-order valence-corrected chi connectivity index (χ0v) is 19.3. The Bertz CT molecular complexity index is 1080. The zero-order chi connectivity index (χ0) is 23.8. The van der Waals surface area contributed by atoms with E-state index in [-0.39, 0.29) is 13.2 Å². The van der Waals surface area contributed by atoms with Crippen molar-refractivity contribution in [2.24, 2.45) is 0 Å². The topological polar surface area (TPSA) is 120 Å². The van der Waals surface area contributed by atoms with Crippen LogP contribution in [0.5, 0.6) is 0 Å². The van der Waals surface area contributed by atoms with Crippen LogP contribution in [0.2, 0.25) is 0 Å². The van der Waals surface area contributed by atoms with E-state index < -0.39 is 19.4 Å². The van der Waals surface area contributed by atoms with Crippen molar-refractivity contribution in [1.82, 2.24) is 0 Å². The van der Waals surface area contributed by atoms with Gasteiger partial charge < -0.3 is 25.4 Å². The molecule has 0 aliphatic rings. The molecule has 0 aliphatic carbocycles. The van der Waals surface area contributed by atoms with E-state index in [2.05, 4.69) is 10.2 Å². The highest BCUT2D eigenvalue weighted by Gasteiger charge is 2.25. The second-order valence-electron chi connectivity index (χ2n) is 7.02. The van der Waals surface area contributed by atoms with Gasteiger partial charge in [-0.15, -0.1) is 0 Å². The molecule has 0 aliphatic heterocycles. The van der Waals surface area contributed by atoms with Gasteiger partial charge in [-0.05, 0) is 86.6 Å². The number of carbonyl (C=O) groups is 2. The van der Waals surface area contributed by atoms with Crippen LogP contribution >= 0.6 is 7.44 Å². The monoisotopic (exact) mass is 467 g/mol. The highest BCUT2D eigenvalue weighted by Crippen LogP contribution is 2.44. The lowest BCUT2D eigenvalue weighted by Crippen LogP contribution is -2.18. The van der Waals surface area contributed by atoms with Gasteiger partial charge in [0.25, 0.3) is 7.44 Å². The standard InChI is InChI=1S/C24H26N3O5P/c1-3-31-23(28)17-5-11-20(12-6-17)26-33(30,22-15-9-19(25)10-16-22)27-21-13-7-18(8-14-21)24(29)32-4-2/h5-16H,3-4,25H2,1-2H3,(H2,26,27,30). The van der Waals surface area contributed by atoms with Crippen LogP contribution in [-0.4, -0.2) is 25.2 Å². The van der Waals surface area contributed by atoms with Crippen LogP contribution in [0.3, 0.4) is 0 Å². The van der Waals surface area contributed by atoms with Gasteiger partial charge in [0.05, 0.1) is 29.6 Å². The van der Waals surface area contributed by atoms with Gasteiger partial charge in [0.15, 0.2) is 0 Å². The number of nitrogen functional groups attached to an aromatic ring is 1. The molecule has 0 spiro atoms. The minimum absolute atomic E-state index is 0.282. The summed E-state index contributed by atoms with van der Waals surface area (Å²) in [5.74, 6) is -0.851. The molecule has 0 atom stereocenters. The Morgan fingerprint density at radius 3 is 1.48 bits per heavy atom. The molecular weight excluding hydrogens is 441 g/mol. The third kappa shape index (κ3) is 6.14. The molecule has 9 heteroatoms. The van der Waals surface area contributed by atoms with Crippen LogP contribution in [0.1, 0.15) is 34.6 Å². The van der Waals surface area contributed by atoms with E-state index in [0.29, 0.717) is 33.5 Å². The summed E-state index contributed by atoms with van der Waals surface area (Å²) in [5.41, 5.74) is 8.21. The van der Waals surface area contributed by atoms with Gasteiger partial charge in [-0.1, -0.05) is 0 Å². The quantitative estimate of drug-likeness (QED) is 0.236. The van der Waals surface area contributed by atoms with E-state index >= 15 is 0 Å². The second-order valence-corrected chi connectivity index (χ2v) is 9.20. The second kappa shape index (κ2) is 10.7. The Hall–Kier alpha value is -3.77. The molecule has 3 rings (SSSR count). The summed E-state index contributed by atoms with van der Waals surface area (Å²) in [6.07, 6.45) is 0. The number of esters is 2. The minimum atomic E-state index is -3.43. The van der Waals surface area contributed by atoms with Crippen LogP contribution in [0.4, 0.5) is 17.1 Å². The Labute approximate surface area is 192 Å². The number of benzene rings is 3. The molecule has 0 bridgehead atoms. The molecule has 0 fully saturated rings. The van der Waals surface area contributed by atoms with Crippen LogP contribution in [-0.2, 0) is 14.0 Å². The lowest BCUT2D eigenvalue weighted by atomic mass is 10.2. The van der Waals surface area contributed by atoms with Crippen molar-refractivity contribution >= 4 is 41.7 Å². The van der Waals surface area contributed by atoms with Gasteiger partial charge >= 0.3 is 11.9 Å². The van der Waals surface area contributed by atoms with E-state index in [1.807, 2.05) is 0 Å². The predicted octanol–water partition coefficient (Wildman–Crippen LogP) is 4.66. The predicted molar refractivity (Wildman–Crippen MR) is 130 cm³/mol. The van der Waals surface area contributed by atoms with Crippen molar-refractivity contribution in [2.45, 2.75) is 13.8 Å². The summed E-state index contributed by atoms with van der Waals surface area (Å²) < 4.78 is 24.1. The van der Waals surface area contributed by atoms with Crippen LogP contribution in [0.25, 0.3) is 0 Å². The van der Waals surface area contributed by atoms with Gasteiger partial charge in [0, 0.05) is 17.1 Å². The number of nitrogens with two attached hydrogens (primary N) is 1. The van der Waals surface area contributed by atoms with E-state index in [0.717, 1.165) is 0 Å². The third-order valence-corrected chi connectivity index (χ3v) is 6.79. The SMILES string of the molecule is CCOC(=O)c1ccc(NP(=O)(Nc2ccc(C(=O)OCC)cc2)c2ccc(N)cc2)cc1. The first-order chi connectivity index (χ1) is 15.8. The van der Waals surface area contributed by atoms with Crippen molar-refractivity contribution in [3.05, 3.63) is 83.9 Å². The maximum atomic E-state index is 14.1. The van der Waals surface area contributed by atoms with Crippen LogP contribution in [0, 0.1) is 0 Å². The fourth-order valence-corrected chi connectivity index (χ4v) is 4.90. The van der Waals surface area contributed by atoms with Gasteiger partial charge in [0.1, 0.15) is 0 Å². The summed E-state index contributed by atoms with van der Waals surface area (Å²) in [4.78, 5) is 23.8. The smallest absolute Gasteiger partial charge is 0.338 e. The van der Waals surface area contributed by atoms with Crippen molar-refractivity contribution < 1.29 is 23.6 Å². The van der Waals surface area contributed by atoms with Crippen molar-refractivity contribution in [3.8, 4) is 0 Å². The van der Waals surface area contributed by atoms with Crippen molar-refractivity contribution in [3.63, 3.8) is 0 Å². The molecule has 0 radical (unpaired) electrons. The Balaban J connectivity index is 1.88. The highest BCUT2D eigenvalue weighted by molar-refractivity contribution is 7.74. The number of carbonyl (C=O) groups excluding carboxylic acids is 2. The molecule has 172 valence electrons. The van der Waals surface area contributed by atoms with E-state index in [4.69, 9.17) is 15.2 Å². The first-order valence-electron chi connectivity index (χ1n) is 10.4. The van der Waals surface area contributed by atoms with Gasteiger partial charge in [-0.25, -0.2) is 9.59 Å². The number of hydrogen-bond acceptors (Lipinski definition) is 6. The number of anilines is 3. The minimum Gasteiger partial charge on any atom is -0.462 e. The maximum Gasteiger partial charge on any atom is 0.338 e. The van der Waals surface area contributed by atoms with Gasteiger partial charge in [-0.2, -0.15) is 0 Å². The van der Waals surface area contributed by atoms with Crippen molar-refractivity contribution in [2.75, 3.05) is 29.1 Å². The average Bonchev–Trinajstić information content (AvgIpc) is 2.80. The fraction of sp³-hybridized carbons (Fsp3) is 0.167. The van der Waals surface area contributed by atoms with Gasteiger partial charge in [-0.3, -0.25) is 4.57 Å². The summed E-state index contributed by atoms with van der Waals surface area (Å²) >= 11 is 0.